The maximum absolute atomic E-state index is 3.29. The first-order chi connectivity index (χ1) is 6.27. The van der Waals surface area contributed by atoms with Gasteiger partial charge in [0.05, 0.1) is 0 Å². The van der Waals surface area contributed by atoms with E-state index < -0.39 is 0 Å². The first-order valence-corrected chi connectivity index (χ1v) is 4.82. The second kappa shape index (κ2) is 3.25. The Morgan fingerprint density at radius 1 is 1.31 bits per heavy atom. The van der Waals surface area contributed by atoms with E-state index in [0.29, 0.717) is 0 Å². The summed E-state index contributed by atoms with van der Waals surface area (Å²) in [5.74, 6) is 0.721. The lowest BCUT2D eigenvalue weighted by Crippen LogP contribution is -1.91. The summed E-state index contributed by atoms with van der Waals surface area (Å²) in [6.45, 7) is 4.50. The van der Waals surface area contributed by atoms with Crippen molar-refractivity contribution in [2.45, 2.75) is 20.3 Å². The summed E-state index contributed by atoms with van der Waals surface area (Å²) in [7, 11) is 0. The number of benzene rings is 1. The highest BCUT2D eigenvalue weighted by atomic mass is 14.7. The number of rotatable bonds is 2. The molecule has 1 aromatic heterocycles. The van der Waals surface area contributed by atoms with Gasteiger partial charge in [-0.1, -0.05) is 32.0 Å². The van der Waals surface area contributed by atoms with Gasteiger partial charge >= 0.3 is 0 Å². The van der Waals surface area contributed by atoms with Crippen molar-refractivity contribution in [1.82, 2.24) is 4.98 Å². The first-order valence-electron chi connectivity index (χ1n) is 4.82. The van der Waals surface area contributed by atoms with Crippen LogP contribution in [0.25, 0.3) is 10.9 Å². The third-order valence-corrected chi connectivity index (χ3v) is 2.30. The standard InChI is InChI=1S/C12H15N.2H2/c1-9(2)7-10-8-13-12-6-4-3-5-11(10)12;;/h3-6,8-9,13H,7H2,1-2H3;2*1H. The predicted octanol–water partition coefficient (Wildman–Crippen LogP) is 3.86. The largest absolute Gasteiger partial charge is 0.361 e. The van der Waals surface area contributed by atoms with Crippen molar-refractivity contribution in [3.63, 3.8) is 0 Å². The highest BCUT2D eigenvalue weighted by Gasteiger charge is 2.03. The predicted molar refractivity (Wildman–Crippen MR) is 61.1 cm³/mol. The van der Waals surface area contributed by atoms with Gasteiger partial charge in [0.1, 0.15) is 0 Å². The zero-order chi connectivity index (χ0) is 9.26. The number of aromatic nitrogens is 1. The van der Waals surface area contributed by atoms with Crippen molar-refractivity contribution in [3.05, 3.63) is 36.0 Å². The van der Waals surface area contributed by atoms with Gasteiger partial charge in [-0.25, -0.2) is 0 Å². The molecule has 1 N–H and O–H groups in total. The van der Waals surface area contributed by atoms with Gasteiger partial charge in [-0.15, -0.1) is 0 Å². The Kier molecular flexibility index (Phi) is 2.09. The molecule has 0 atom stereocenters. The molecular weight excluding hydrogens is 158 g/mol. The molecule has 2 aromatic rings. The summed E-state index contributed by atoms with van der Waals surface area (Å²) < 4.78 is 0. The van der Waals surface area contributed by atoms with E-state index in [-0.39, 0.29) is 2.85 Å². The van der Waals surface area contributed by atoms with E-state index in [1.54, 1.807) is 0 Å². The summed E-state index contributed by atoms with van der Waals surface area (Å²) >= 11 is 0. The maximum Gasteiger partial charge on any atom is 0.0456 e. The molecule has 0 spiro atoms. The van der Waals surface area contributed by atoms with Crippen LogP contribution in [0.15, 0.2) is 30.5 Å². The fraction of sp³-hybridized carbons (Fsp3) is 0.333. The van der Waals surface area contributed by atoms with Crippen LogP contribution in [-0.2, 0) is 6.42 Å². The first kappa shape index (κ1) is 8.36. The van der Waals surface area contributed by atoms with Gasteiger partial charge in [0, 0.05) is 20.0 Å². The van der Waals surface area contributed by atoms with E-state index >= 15 is 0 Å². The van der Waals surface area contributed by atoms with Crippen LogP contribution >= 0.6 is 0 Å². The molecule has 0 unspecified atom stereocenters. The number of fused-ring (bicyclic) bond motifs is 1. The van der Waals surface area contributed by atoms with Crippen LogP contribution < -0.4 is 0 Å². The number of H-pyrrole nitrogens is 1. The Balaban J connectivity index is 0.000000980. The van der Waals surface area contributed by atoms with Crippen molar-refractivity contribution >= 4 is 10.9 Å². The fourth-order valence-electron chi connectivity index (χ4n) is 1.74. The van der Waals surface area contributed by atoms with E-state index in [0.717, 1.165) is 12.3 Å². The molecule has 0 amide bonds. The van der Waals surface area contributed by atoms with Crippen molar-refractivity contribution in [1.29, 1.82) is 0 Å². The van der Waals surface area contributed by atoms with E-state index in [9.17, 15) is 0 Å². The van der Waals surface area contributed by atoms with E-state index in [1.165, 1.54) is 16.5 Å². The van der Waals surface area contributed by atoms with Crippen molar-refractivity contribution in [2.75, 3.05) is 0 Å². The molecule has 13 heavy (non-hydrogen) atoms. The minimum absolute atomic E-state index is 0. The molecule has 1 heteroatoms. The number of hydrogen-bond donors (Lipinski definition) is 1. The molecule has 0 saturated heterocycles. The Bertz CT molecular complexity index is 407. The molecule has 0 aliphatic rings. The van der Waals surface area contributed by atoms with Crippen LogP contribution in [0.5, 0.6) is 0 Å². The number of nitrogens with one attached hydrogen (secondary N) is 1. The van der Waals surface area contributed by atoms with Gasteiger partial charge in [0.15, 0.2) is 0 Å². The van der Waals surface area contributed by atoms with Gasteiger partial charge in [-0.2, -0.15) is 0 Å². The third kappa shape index (κ3) is 1.59. The fourth-order valence-corrected chi connectivity index (χ4v) is 1.74. The van der Waals surface area contributed by atoms with Crippen LogP contribution in [0.1, 0.15) is 22.3 Å². The topological polar surface area (TPSA) is 15.8 Å². The Morgan fingerprint density at radius 3 is 2.85 bits per heavy atom. The second-order valence-corrected chi connectivity index (χ2v) is 3.96. The monoisotopic (exact) mass is 177 g/mol. The zero-order valence-corrected chi connectivity index (χ0v) is 8.17. The molecule has 1 heterocycles. The SMILES string of the molecule is CC(C)Cc1c[nH]c2ccccc12.[HH].[HH]. The molecule has 1 nitrogen and oxygen atoms in total. The summed E-state index contributed by atoms with van der Waals surface area (Å²) in [6, 6.07) is 8.47. The lowest BCUT2D eigenvalue weighted by atomic mass is 10.0. The average Bonchev–Trinajstić information content (AvgIpc) is 2.48. The van der Waals surface area contributed by atoms with Gasteiger partial charge in [0.25, 0.3) is 0 Å². The third-order valence-electron chi connectivity index (χ3n) is 2.30. The zero-order valence-electron chi connectivity index (χ0n) is 8.17. The quantitative estimate of drug-likeness (QED) is 0.717. The number of para-hydroxylation sites is 1. The van der Waals surface area contributed by atoms with Gasteiger partial charge < -0.3 is 4.98 Å². The molecule has 1 aromatic carbocycles. The highest BCUT2D eigenvalue weighted by molar-refractivity contribution is 5.83. The van der Waals surface area contributed by atoms with E-state index in [4.69, 9.17) is 0 Å². The molecule has 0 radical (unpaired) electrons. The Morgan fingerprint density at radius 2 is 2.08 bits per heavy atom. The van der Waals surface area contributed by atoms with Crippen molar-refractivity contribution < 1.29 is 2.85 Å². The van der Waals surface area contributed by atoms with Gasteiger partial charge in [-0.3, -0.25) is 0 Å². The van der Waals surface area contributed by atoms with Crippen molar-refractivity contribution in [2.24, 2.45) is 5.92 Å². The Hall–Kier alpha value is -1.24. The highest BCUT2D eigenvalue weighted by Crippen LogP contribution is 2.20. The minimum atomic E-state index is 0. The number of aromatic amines is 1. The minimum Gasteiger partial charge on any atom is -0.361 e. The number of hydrogen-bond acceptors (Lipinski definition) is 0. The van der Waals surface area contributed by atoms with Gasteiger partial charge in [0.2, 0.25) is 0 Å². The normalized spacial score (nSPS) is 11.3. The summed E-state index contributed by atoms with van der Waals surface area (Å²) in [5, 5.41) is 1.37. The molecule has 0 bridgehead atoms. The van der Waals surface area contributed by atoms with Crippen molar-refractivity contribution in [3.8, 4) is 0 Å². The average molecular weight is 177 g/mol. The summed E-state index contributed by atoms with van der Waals surface area (Å²) in [6.07, 6.45) is 3.29. The molecule has 0 aliphatic heterocycles. The Labute approximate surface area is 81.8 Å². The molecule has 0 saturated carbocycles. The van der Waals surface area contributed by atoms with E-state index in [2.05, 4.69) is 49.3 Å². The molecule has 0 aliphatic carbocycles. The molecular formula is C12H19N. The molecule has 72 valence electrons. The van der Waals surface area contributed by atoms with Crippen LogP contribution in [0, 0.1) is 5.92 Å². The van der Waals surface area contributed by atoms with Crippen LogP contribution in [0.3, 0.4) is 0 Å². The van der Waals surface area contributed by atoms with E-state index in [1.807, 2.05) is 0 Å². The lowest BCUT2D eigenvalue weighted by Gasteiger charge is -2.01. The summed E-state index contributed by atoms with van der Waals surface area (Å²) in [4.78, 5) is 3.29. The lowest BCUT2D eigenvalue weighted by molar-refractivity contribution is 0.650. The molecule has 0 fully saturated rings. The maximum atomic E-state index is 3.29. The summed E-state index contributed by atoms with van der Waals surface area (Å²) in [5.41, 5.74) is 2.68. The van der Waals surface area contributed by atoms with Gasteiger partial charge in [-0.05, 0) is 24.0 Å². The second-order valence-electron chi connectivity index (χ2n) is 3.96. The van der Waals surface area contributed by atoms with Crippen LogP contribution in [0.4, 0.5) is 0 Å². The van der Waals surface area contributed by atoms with Crippen LogP contribution in [0.2, 0.25) is 0 Å². The van der Waals surface area contributed by atoms with Crippen LogP contribution in [-0.4, -0.2) is 4.98 Å². The molecule has 2 rings (SSSR count). The smallest absolute Gasteiger partial charge is 0.0456 e.